The van der Waals surface area contributed by atoms with Gasteiger partial charge in [0, 0.05) is 18.2 Å². The summed E-state index contributed by atoms with van der Waals surface area (Å²) in [5.74, 6) is 0.0503. The molecule has 1 fully saturated rings. The van der Waals surface area contributed by atoms with Crippen molar-refractivity contribution >= 4 is 5.91 Å². The van der Waals surface area contributed by atoms with Crippen molar-refractivity contribution in [3.8, 4) is 6.07 Å². The zero-order valence-electron chi connectivity index (χ0n) is 10.0. The van der Waals surface area contributed by atoms with E-state index in [-0.39, 0.29) is 5.91 Å². The number of likely N-dealkylation sites (tertiary alicyclic amines) is 1. The van der Waals surface area contributed by atoms with Crippen LogP contribution in [0.2, 0.25) is 0 Å². The Bertz CT molecular complexity index is 462. The van der Waals surface area contributed by atoms with Crippen molar-refractivity contribution in [1.82, 2.24) is 4.90 Å². The third kappa shape index (κ3) is 2.47. The Morgan fingerprint density at radius 2 is 2.29 bits per heavy atom. The van der Waals surface area contributed by atoms with Gasteiger partial charge in [-0.2, -0.15) is 5.26 Å². The van der Waals surface area contributed by atoms with E-state index in [9.17, 15) is 4.79 Å². The molecule has 1 atom stereocenters. The van der Waals surface area contributed by atoms with E-state index in [0.29, 0.717) is 17.2 Å². The summed E-state index contributed by atoms with van der Waals surface area (Å²) in [6.45, 7) is 2.92. The second-order valence-electron chi connectivity index (χ2n) is 4.54. The van der Waals surface area contributed by atoms with E-state index in [1.807, 2.05) is 4.90 Å². The average molecular weight is 228 g/mol. The zero-order valence-corrected chi connectivity index (χ0v) is 10.0. The molecule has 1 aromatic rings. The van der Waals surface area contributed by atoms with Crippen molar-refractivity contribution in [2.45, 2.75) is 32.2 Å². The molecule has 0 N–H and O–H groups in total. The minimum Gasteiger partial charge on any atom is -0.336 e. The molecule has 17 heavy (non-hydrogen) atoms. The normalized spacial score (nSPS) is 19.8. The van der Waals surface area contributed by atoms with Crippen molar-refractivity contribution in [3.63, 3.8) is 0 Å². The molecule has 0 aromatic heterocycles. The Labute approximate surface area is 102 Å². The fraction of sp³-hybridized carbons (Fsp3) is 0.429. The average Bonchev–Trinajstić information content (AvgIpc) is 2.38. The minimum atomic E-state index is 0.0503. The highest BCUT2D eigenvalue weighted by atomic mass is 16.2. The summed E-state index contributed by atoms with van der Waals surface area (Å²) in [5.41, 5.74) is 1.17. The molecule has 0 radical (unpaired) electrons. The van der Waals surface area contributed by atoms with Gasteiger partial charge in [0.2, 0.25) is 0 Å². The Balaban J connectivity index is 2.21. The smallest absolute Gasteiger partial charge is 0.254 e. The quantitative estimate of drug-likeness (QED) is 0.741. The summed E-state index contributed by atoms with van der Waals surface area (Å²) < 4.78 is 0. The lowest BCUT2D eigenvalue weighted by molar-refractivity contribution is 0.0635. The highest BCUT2D eigenvalue weighted by molar-refractivity contribution is 5.94. The molecule has 1 aliphatic rings. The molecule has 0 unspecified atom stereocenters. The highest BCUT2D eigenvalue weighted by Crippen LogP contribution is 2.19. The van der Waals surface area contributed by atoms with Crippen LogP contribution in [-0.2, 0) is 0 Å². The molecule has 1 aliphatic heterocycles. The summed E-state index contributed by atoms with van der Waals surface area (Å²) in [7, 11) is 0. The predicted molar refractivity (Wildman–Crippen MR) is 65.5 cm³/mol. The topological polar surface area (TPSA) is 44.1 Å². The van der Waals surface area contributed by atoms with E-state index < -0.39 is 0 Å². The number of benzene rings is 1. The number of nitrogens with zero attached hydrogens (tertiary/aromatic N) is 2. The lowest BCUT2D eigenvalue weighted by atomic mass is 10.0. The zero-order chi connectivity index (χ0) is 12.3. The van der Waals surface area contributed by atoms with E-state index in [1.54, 1.807) is 24.3 Å². The van der Waals surface area contributed by atoms with Gasteiger partial charge in [-0.3, -0.25) is 4.79 Å². The molecule has 2 rings (SSSR count). The molecule has 0 bridgehead atoms. The highest BCUT2D eigenvalue weighted by Gasteiger charge is 2.24. The second kappa shape index (κ2) is 5.01. The molecule has 1 heterocycles. The summed E-state index contributed by atoms with van der Waals surface area (Å²) in [6, 6.07) is 9.31. The van der Waals surface area contributed by atoms with Crippen LogP contribution in [0.1, 0.15) is 42.1 Å². The molecule has 1 saturated heterocycles. The van der Waals surface area contributed by atoms with E-state index in [0.717, 1.165) is 19.4 Å². The summed E-state index contributed by atoms with van der Waals surface area (Å²) in [5, 5.41) is 8.83. The van der Waals surface area contributed by atoms with Crippen LogP contribution < -0.4 is 0 Å². The predicted octanol–water partition coefficient (Wildman–Crippen LogP) is 2.57. The van der Waals surface area contributed by atoms with Gasteiger partial charge < -0.3 is 4.90 Å². The Morgan fingerprint density at radius 1 is 1.47 bits per heavy atom. The number of piperidine rings is 1. The Kier molecular flexibility index (Phi) is 3.43. The number of amides is 1. The van der Waals surface area contributed by atoms with E-state index in [1.165, 1.54) is 6.42 Å². The first-order valence-electron chi connectivity index (χ1n) is 6.03. The van der Waals surface area contributed by atoms with Gasteiger partial charge in [-0.05, 0) is 44.4 Å². The molecular formula is C14H16N2O. The first-order valence-corrected chi connectivity index (χ1v) is 6.03. The molecule has 0 aliphatic carbocycles. The minimum absolute atomic E-state index is 0.0503. The van der Waals surface area contributed by atoms with Gasteiger partial charge in [0.25, 0.3) is 5.91 Å². The van der Waals surface area contributed by atoms with Gasteiger partial charge in [-0.25, -0.2) is 0 Å². The summed E-state index contributed by atoms with van der Waals surface area (Å²) in [4.78, 5) is 14.2. The first-order chi connectivity index (χ1) is 8.22. The molecule has 1 amide bonds. The van der Waals surface area contributed by atoms with Crippen LogP contribution in [0.4, 0.5) is 0 Å². The molecule has 88 valence electrons. The lowest BCUT2D eigenvalue weighted by Gasteiger charge is -2.33. The van der Waals surface area contributed by atoms with E-state index in [2.05, 4.69) is 13.0 Å². The van der Waals surface area contributed by atoms with Crippen molar-refractivity contribution in [2.75, 3.05) is 6.54 Å². The Hall–Kier alpha value is -1.82. The Morgan fingerprint density at radius 3 is 3.00 bits per heavy atom. The third-order valence-corrected chi connectivity index (χ3v) is 3.30. The van der Waals surface area contributed by atoms with Crippen LogP contribution in [0, 0.1) is 11.3 Å². The van der Waals surface area contributed by atoms with E-state index >= 15 is 0 Å². The fourth-order valence-electron chi connectivity index (χ4n) is 2.29. The number of rotatable bonds is 1. The van der Waals surface area contributed by atoms with Crippen molar-refractivity contribution in [2.24, 2.45) is 0 Å². The van der Waals surface area contributed by atoms with Crippen LogP contribution in [0.3, 0.4) is 0 Å². The molecule has 0 spiro atoms. The van der Waals surface area contributed by atoms with Crippen LogP contribution in [-0.4, -0.2) is 23.4 Å². The van der Waals surface area contributed by atoms with Crippen molar-refractivity contribution < 1.29 is 4.79 Å². The molecule has 0 saturated carbocycles. The van der Waals surface area contributed by atoms with Gasteiger partial charge in [-0.15, -0.1) is 0 Å². The van der Waals surface area contributed by atoms with Crippen LogP contribution >= 0.6 is 0 Å². The van der Waals surface area contributed by atoms with Crippen LogP contribution in [0.15, 0.2) is 24.3 Å². The molecule has 1 aromatic carbocycles. The lowest BCUT2D eigenvalue weighted by Crippen LogP contribution is -2.42. The largest absolute Gasteiger partial charge is 0.336 e. The van der Waals surface area contributed by atoms with E-state index in [4.69, 9.17) is 5.26 Å². The molecule has 3 nitrogen and oxygen atoms in total. The van der Waals surface area contributed by atoms with Crippen molar-refractivity contribution in [1.29, 1.82) is 5.26 Å². The number of hydrogen-bond acceptors (Lipinski definition) is 2. The maximum atomic E-state index is 12.3. The number of nitriles is 1. The number of carbonyl (C=O) groups excluding carboxylic acids is 1. The monoisotopic (exact) mass is 228 g/mol. The number of carbonyl (C=O) groups is 1. The summed E-state index contributed by atoms with van der Waals surface area (Å²) in [6.07, 6.45) is 3.35. The van der Waals surface area contributed by atoms with Gasteiger partial charge in [0.15, 0.2) is 0 Å². The molecule has 3 heteroatoms. The maximum Gasteiger partial charge on any atom is 0.254 e. The first kappa shape index (κ1) is 11.7. The maximum absolute atomic E-state index is 12.3. The third-order valence-electron chi connectivity index (χ3n) is 3.30. The second-order valence-corrected chi connectivity index (χ2v) is 4.54. The SMILES string of the molecule is C[C@@H]1CCCCN1C(=O)c1cccc(C#N)c1. The van der Waals surface area contributed by atoms with Gasteiger partial charge >= 0.3 is 0 Å². The van der Waals surface area contributed by atoms with Crippen LogP contribution in [0.25, 0.3) is 0 Å². The van der Waals surface area contributed by atoms with Crippen molar-refractivity contribution in [3.05, 3.63) is 35.4 Å². The van der Waals surface area contributed by atoms with Gasteiger partial charge in [0.05, 0.1) is 11.6 Å². The standard InChI is InChI=1S/C14H16N2O/c1-11-5-2-3-8-16(11)14(17)13-7-4-6-12(9-13)10-15/h4,6-7,9,11H,2-3,5,8H2,1H3/t11-/m1/s1. The van der Waals surface area contributed by atoms with Gasteiger partial charge in [0.1, 0.15) is 0 Å². The fourth-order valence-corrected chi connectivity index (χ4v) is 2.29. The van der Waals surface area contributed by atoms with Gasteiger partial charge in [-0.1, -0.05) is 6.07 Å². The molecular weight excluding hydrogens is 212 g/mol. The summed E-state index contributed by atoms with van der Waals surface area (Å²) >= 11 is 0. The number of hydrogen-bond donors (Lipinski definition) is 0. The van der Waals surface area contributed by atoms with Crippen LogP contribution in [0.5, 0.6) is 0 Å².